The Kier molecular flexibility index (Phi) is 8.91. The molecule has 0 saturated carbocycles. The molecule has 1 aromatic rings. The van der Waals surface area contributed by atoms with Crippen molar-refractivity contribution in [3.8, 4) is 11.5 Å². The quantitative estimate of drug-likeness (QED) is 0.607. The van der Waals surface area contributed by atoms with Crippen LogP contribution in [0.2, 0.25) is 0 Å². The second-order valence-corrected chi connectivity index (χ2v) is 5.55. The van der Waals surface area contributed by atoms with Gasteiger partial charge in [-0.1, -0.05) is 45.2 Å². The Hall–Kier alpha value is -1.22. The van der Waals surface area contributed by atoms with Crippen molar-refractivity contribution in [1.29, 1.82) is 0 Å². The van der Waals surface area contributed by atoms with E-state index in [1.165, 1.54) is 24.8 Å². The molecule has 3 nitrogen and oxygen atoms in total. The van der Waals surface area contributed by atoms with E-state index in [4.69, 9.17) is 9.47 Å². The van der Waals surface area contributed by atoms with Crippen LogP contribution in [-0.4, -0.2) is 19.8 Å². The fourth-order valence-corrected chi connectivity index (χ4v) is 2.16. The van der Waals surface area contributed by atoms with Gasteiger partial charge in [-0.25, -0.2) is 0 Å². The second kappa shape index (κ2) is 10.5. The van der Waals surface area contributed by atoms with Crippen molar-refractivity contribution >= 4 is 0 Å². The highest BCUT2D eigenvalue weighted by molar-refractivity contribution is 5.46. The number of unbranched alkanes of at least 4 members (excludes halogenated alkanes) is 3. The Morgan fingerprint density at radius 3 is 2.62 bits per heavy atom. The Morgan fingerprint density at radius 1 is 1.14 bits per heavy atom. The maximum atomic E-state index is 6.01. The Morgan fingerprint density at radius 2 is 1.95 bits per heavy atom. The molecule has 21 heavy (non-hydrogen) atoms. The highest BCUT2D eigenvalue weighted by atomic mass is 16.5. The van der Waals surface area contributed by atoms with Crippen molar-refractivity contribution in [3.05, 3.63) is 23.8 Å². The Balaban J connectivity index is 2.64. The zero-order chi connectivity index (χ0) is 15.5. The molecule has 0 bridgehead atoms. The predicted molar refractivity (Wildman–Crippen MR) is 89.2 cm³/mol. The van der Waals surface area contributed by atoms with Gasteiger partial charge in [-0.3, -0.25) is 0 Å². The van der Waals surface area contributed by atoms with Gasteiger partial charge in [-0.15, -0.1) is 0 Å². The molecule has 0 aliphatic rings. The lowest BCUT2D eigenvalue weighted by Gasteiger charge is -2.17. The smallest absolute Gasteiger partial charge is 0.165 e. The van der Waals surface area contributed by atoms with Crippen LogP contribution in [0.15, 0.2) is 18.2 Å². The van der Waals surface area contributed by atoms with Crippen molar-refractivity contribution in [3.63, 3.8) is 0 Å². The maximum absolute atomic E-state index is 6.01. The van der Waals surface area contributed by atoms with Crippen LogP contribution in [0.3, 0.4) is 0 Å². The summed E-state index contributed by atoms with van der Waals surface area (Å²) < 4.78 is 11.5. The molecule has 0 fully saturated rings. The van der Waals surface area contributed by atoms with E-state index < -0.39 is 0 Å². The average Bonchev–Trinajstić information content (AvgIpc) is 2.52. The molecule has 1 N–H and O–H groups in total. The molecule has 0 aromatic heterocycles. The van der Waals surface area contributed by atoms with Crippen LogP contribution in [0, 0.1) is 0 Å². The number of ether oxygens (including phenoxy) is 2. The first-order valence-corrected chi connectivity index (χ1v) is 8.24. The van der Waals surface area contributed by atoms with E-state index in [0.29, 0.717) is 6.04 Å². The zero-order valence-electron chi connectivity index (χ0n) is 14.1. The zero-order valence-corrected chi connectivity index (χ0v) is 14.1. The van der Waals surface area contributed by atoms with E-state index >= 15 is 0 Å². The minimum Gasteiger partial charge on any atom is -0.493 e. The normalized spacial score (nSPS) is 12.2. The van der Waals surface area contributed by atoms with Crippen molar-refractivity contribution in [2.24, 2.45) is 0 Å². The van der Waals surface area contributed by atoms with Crippen LogP contribution < -0.4 is 14.8 Å². The third-order valence-corrected chi connectivity index (χ3v) is 3.78. The fourth-order valence-electron chi connectivity index (χ4n) is 2.16. The Bertz CT molecular complexity index is 393. The minimum atomic E-state index is 0.508. The van der Waals surface area contributed by atoms with Gasteiger partial charge in [0.1, 0.15) is 0 Å². The van der Waals surface area contributed by atoms with Gasteiger partial charge < -0.3 is 14.8 Å². The molecule has 1 rings (SSSR count). The molecule has 0 amide bonds. The fraction of sp³-hybridized carbons (Fsp3) is 0.667. The lowest BCUT2D eigenvalue weighted by molar-refractivity contribution is 0.281. The van der Waals surface area contributed by atoms with Gasteiger partial charge in [0.05, 0.1) is 13.7 Å². The van der Waals surface area contributed by atoms with E-state index in [1.54, 1.807) is 7.11 Å². The van der Waals surface area contributed by atoms with Crippen molar-refractivity contribution < 1.29 is 9.47 Å². The number of para-hydroxylation sites is 1. The van der Waals surface area contributed by atoms with E-state index in [0.717, 1.165) is 37.5 Å². The van der Waals surface area contributed by atoms with Crippen LogP contribution in [0.25, 0.3) is 0 Å². The van der Waals surface area contributed by atoms with Gasteiger partial charge in [0, 0.05) is 18.2 Å². The second-order valence-electron chi connectivity index (χ2n) is 5.55. The Labute approximate surface area is 130 Å². The molecule has 3 heteroatoms. The summed E-state index contributed by atoms with van der Waals surface area (Å²) in [4.78, 5) is 0. The van der Waals surface area contributed by atoms with E-state index in [1.807, 2.05) is 12.1 Å². The molecular formula is C18H31NO2. The van der Waals surface area contributed by atoms with Gasteiger partial charge >= 0.3 is 0 Å². The monoisotopic (exact) mass is 293 g/mol. The third kappa shape index (κ3) is 6.38. The van der Waals surface area contributed by atoms with Gasteiger partial charge in [0.2, 0.25) is 0 Å². The lowest BCUT2D eigenvalue weighted by Crippen LogP contribution is -2.24. The average molecular weight is 293 g/mol. The molecular weight excluding hydrogens is 262 g/mol. The standard InChI is InChI=1S/C18H31NO2/c1-5-7-8-9-13-21-18-16(14-19-15(3)6-2)11-10-12-17(18)20-4/h10-12,15,19H,5-9,13-14H2,1-4H3. The van der Waals surface area contributed by atoms with Crippen LogP contribution in [0.1, 0.15) is 58.4 Å². The highest BCUT2D eigenvalue weighted by Gasteiger charge is 2.11. The number of methoxy groups -OCH3 is 1. The summed E-state index contributed by atoms with van der Waals surface area (Å²) in [6.07, 6.45) is 5.98. The number of rotatable bonds is 11. The lowest BCUT2D eigenvalue weighted by atomic mass is 10.1. The summed E-state index contributed by atoms with van der Waals surface area (Å²) in [6.45, 7) is 8.19. The van der Waals surface area contributed by atoms with E-state index in [-0.39, 0.29) is 0 Å². The number of nitrogens with one attached hydrogen (secondary N) is 1. The minimum absolute atomic E-state index is 0.508. The van der Waals surface area contributed by atoms with Gasteiger partial charge in [0.15, 0.2) is 11.5 Å². The predicted octanol–water partition coefficient (Wildman–Crippen LogP) is 4.54. The summed E-state index contributed by atoms with van der Waals surface area (Å²) in [5.74, 6) is 1.72. The summed E-state index contributed by atoms with van der Waals surface area (Å²) in [5, 5.41) is 3.52. The van der Waals surface area contributed by atoms with Gasteiger partial charge in [-0.2, -0.15) is 0 Å². The molecule has 0 spiro atoms. The topological polar surface area (TPSA) is 30.5 Å². The molecule has 120 valence electrons. The summed E-state index contributed by atoms with van der Waals surface area (Å²) in [5.41, 5.74) is 1.17. The summed E-state index contributed by atoms with van der Waals surface area (Å²) in [6, 6.07) is 6.61. The van der Waals surface area contributed by atoms with Crippen LogP contribution >= 0.6 is 0 Å². The van der Waals surface area contributed by atoms with Crippen molar-refractivity contribution in [1.82, 2.24) is 5.32 Å². The first-order valence-electron chi connectivity index (χ1n) is 8.24. The number of hydrogen-bond acceptors (Lipinski definition) is 3. The number of benzene rings is 1. The van der Waals surface area contributed by atoms with Crippen LogP contribution in [0.4, 0.5) is 0 Å². The molecule has 0 aliphatic carbocycles. The number of hydrogen-bond donors (Lipinski definition) is 1. The van der Waals surface area contributed by atoms with Crippen molar-refractivity contribution in [2.45, 2.75) is 65.5 Å². The molecule has 0 heterocycles. The SMILES string of the molecule is CCCCCCOc1c(CNC(C)CC)cccc1OC. The summed E-state index contributed by atoms with van der Waals surface area (Å²) >= 11 is 0. The molecule has 1 aromatic carbocycles. The molecule has 1 unspecified atom stereocenters. The van der Waals surface area contributed by atoms with Gasteiger partial charge in [0.25, 0.3) is 0 Å². The molecule has 0 aliphatic heterocycles. The van der Waals surface area contributed by atoms with E-state index in [9.17, 15) is 0 Å². The van der Waals surface area contributed by atoms with Gasteiger partial charge in [-0.05, 0) is 25.8 Å². The molecule has 0 radical (unpaired) electrons. The first kappa shape index (κ1) is 17.8. The first-order chi connectivity index (χ1) is 10.2. The highest BCUT2D eigenvalue weighted by Crippen LogP contribution is 2.31. The van der Waals surface area contributed by atoms with E-state index in [2.05, 4.69) is 32.2 Å². The largest absolute Gasteiger partial charge is 0.493 e. The van der Waals surface area contributed by atoms with Crippen molar-refractivity contribution in [2.75, 3.05) is 13.7 Å². The molecule has 1 atom stereocenters. The van der Waals surface area contributed by atoms with Crippen LogP contribution in [0.5, 0.6) is 11.5 Å². The third-order valence-electron chi connectivity index (χ3n) is 3.78. The maximum Gasteiger partial charge on any atom is 0.165 e. The molecule has 0 saturated heterocycles. The summed E-state index contributed by atoms with van der Waals surface area (Å²) in [7, 11) is 1.70. The van der Waals surface area contributed by atoms with Crippen LogP contribution in [-0.2, 0) is 6.54 Å².